The number of hydrogen-bond acceptors (Lipinski definition) is 4. The Morgan fingerprint density at radius 1 is 1.07 bits per heavy atom. The SMILES string of the molecule is O=C(C[C@H](O)C(=O)Nc1ccc(-n2ccccc2=O)cc1F)Nc1ccc(Cl)cc1. The van der Waals surface area contributed by atoms with Gasteiger partial charge in [-0.05, 0) is 42.5 Å². The van der Waals surface area contributed by atoms with Crippen molar-refractivity contribution >= 4 is 34.8 Å². The van der Waals surface area contributed by atoms with E-state index in [-0.39, 0.29) is 16.9 Å². The molecule has 0 bridgehead atoms. The summed E-state index contributed by atoms with van der Waals surface area (Å²) in [6.07, 6.45) is -0.723. The number of nitrogens with one attached hydrogen (secondary N) is 2. The van der Waals surface area contributed by atoms with Crippen LogP contribution in [0.5, 0.6) is 0 Å². The number of aromatic nitrogens is 1. The summed E-state index contributed by atoms with van der Waals surface area (Å²) in [4.78, 5) is 35.9. The number of carbonyl (C=O) groups excluding carboxylic acids is 2. The van der Waals surface area contributed by atoms with Crippen molar-refractivity contribution < 1.29 is 19.1 Å². The van der Waals surface area contributed by atoms with Crippen molar-refractivity contribution in [3.05, 3.63) is 88.1 Å². The molecule has 3 N–H and O–H groups in total. The van der Waals surface area contributed by atoms with Crippen molar-refractivity contribution in [2.75, 3.05) is 10.6 Å². The second kappa shape index (κ2) is 9.34. The molecule has 0 saturated heterocycles. The molecule has 0 radical (unpaired) electrons. The fraction of sp³-hybridized carbons (Fsp3) is 0.0952. The van der Waals surface area contributed by atoms with Crippen molar-refractivity contribution in [3.63, 3.8) is 0 Å². The van der Waals surface area contributed by atoms with Gasteiger partial charge in [0, 0.05) is 29.0 Å². The summed E-state index contributed by atoms with van der Waals surface area (Å²) in [5, 5.41) is 15.2. The highest BCUT2D eigenvalue weighted by atomic mass is 35.5. The first-order chi connectivity index (χ1) is 14.3. The van der Waals surface area contributed by atoms with E-state index in [1.54, 1.807) is 36.4 Å². The Hall–Kier alpha value is -3.49. The molecular weight excluding hydrogens is 413 g/mol. The van der Waals surface area contributed by atoms with Crippen molar-refractivity contribution in [2.24, 2.45) is 0 Å². The molecule has 2 amide bonds. The Bertz CT molecular complexity index is 1130. The lowest BCUT2D eigenvalue weighted by Gasteiger charge is -2.13. The molecule has 1 aromatic heterocycles. The molecule has 7 nitrogen and oxygen atoms in total. The van der Waals surface area contributed by atoms with Crippen LogP contribution in [-0.2, 0) is 9.59 Å². The second-order valence-electron chi connectivity index (χ2n) is 6.34. The number of pyridine rings is 1. The normalized spacial score (nSPS) is 11.6. The Balaban J connectivity index is 1.62. The number of aliphatic hydroxyl groups excluding tert-OH is 1. The first kappa shape index (κ1) is 21.2. The maximum atomic E-state index is 14.4. The standard InChI is InChI=1S/C21H17ClFN3O4/c22-13-4-6-14(7-5-13)24-19(28)12-18(27)21(30)25-17-9-8-15(11-16(17)23)26-10-2-1-3-20(26)29/h1-11,18,27H,12H2,(H,24,28)(H,25,30)/t18-/m0/s1. The van der Waals surface area contributed by atoms with Crippen LogP contribution >= 0.6 is 11.6 Å². The van der Waals surface area contributed by atoms with Crippen LogP contribution in [0.1, 0.15) is 6.42 Å². The fourth-order valence-corrected chi connectivity index (χ4v) is 2.75. The smallest absolute Gasteiger partial charge is 0.255 e. The van der Waals surface area contributed by atoms with Crippen LogP contribution in [0.4, 0.5) is 15.8 Å². The van der Waals surface area contributed by atoms with Gasteiger partial charge in [-0.15, -0.1) is 0 Å². The van der Waals surface area contributed by atoms with Gasteiger partial charge in [-0.25, -0.2) is 4.39 Å². The van der Waals surface area contributed by atoms with Gasteiger partial charge in [0.25, 0.3) is 11.5 Å². The average Bonchev–Trinajstić information content (AvgIpc) is 2.71. The van der Waals surface area contributed by atoms with Gasteiger partial charge >= 0.3 is 0 Å². The van der Waals surface area contributed by atoms with Crippen LogP contribution in [0.3, 0.4) is 0 Å². The van der Waals surface area contributed by atoms with Gasteiger partial charge in [0.2, 0.25) is 5.91 Å². The molecule has 0 aliphatic carbocycles. The number of benzene rings is 2. The molecule has 0 fully saturated rings. The number of hydrogen-bond donors (Lipinski definition) is 3. The fourth-order valence-electron chi connectivity index (χ4n) is 2.63. The third-order valence-electron chi connectivity index (χ3n) is 4.12. The highest BCUT2D eigenvalue weighted by Crippen LogP contribution is 2.18. The number of amides is 2. The quantitative estimate of drug-likeness (QED) is 0.560. The molecule has 3 aromatic rings. The maximum absolute atomic E-state index is 14.4. The zero-order valence-corrected chi connectivity index (χ0v) is 16.3. The van der Waals surface area contributed by atoms with Crippen LogP contribution in [0.25, 0.3) is 5.69 Å². The monoisotopic (exact) mass is 429 g/mol. The molecule has 1 heterocycles. The summed E-state index contributed by atoms with van der Waals surface area (Å²) in [5.74, 6) is -2.33. The Morgan fingerprint density at radius 3 is 2.47 bits per heavy atom. The van der Waals surface area contributed by atoms with Gasteiger partial charge in [-0.1, -0.05) is 17.7 Å². The van der Waals surface area contributed by atoms with E-state index < -0.39 is 30.2 Å². The summed E-state index contributed by atoms with van der Waals surface area (Å²) in [6.45, 7) is 0. The molecule has 1 atom stereocenters. The van der Waals surface area contributed by atoms with E-state index in [0.29, 0.717) is 10.7 Å². The third-order valence-corrected chi connectivity index (χ3v) is 4.37. The predicted octanol–water partition coefficient (Wildman–Crippen LogP) is 2.96. The van der Waals surface area contributed by atoms with Crippen LogP contribution in [0, 0.1) is 5.82 Å². The minimum atomic E-state index is -1.69. The number of rotatable bonds is 6. The number of anilines is 2. The van der Waals surface area contributed by atoms with Gasteiger partial charge in [0.05, 0.1) is 17.8 Å². The van der Waals surface area contributed by atoms with Gasteiger partial charge in [-0.3, -0.25) is 19.0 Å². The summed E-state index contributed by atoms with van der Waals surface area (Å²) < 4.78 is 15.6. The van der Waals surface area contributed by atoms with Gasteiger partial charge in [0.15, 0.2) is 0 Å². The lowest BCUT2D eigenvalue weighted by Crippen LogP contribution is -2.32. The minimum Gasteiger partial charge on any atom is -0.383 e. The molecule has 2 aromatic carbocycles. The molecule has 0 spiro atoms. The predicted molar refractivity (Wildman–Crippen MR) is 111 cm³/mol. The number of nitrogens with zero attached hydrogens (tertiary/aromatic N) is 1. The van der Waals surface area contributed by atoms with E-state index >= 15 is 0 Å². The lowest BCUT2D eigenvalue weighted by molar-refractivity contribution is -0.128. The van der Waals surface area contributed by atoms with Crippen LogP contribution in [-0.4, -0.2) is 27.6 Å². The van der Waals surface area contributed by atoms with Gasteiger partial charge in [0.1, 0.15) is 11.9 Å². The number of carbonyl (C=O) groups is 2. The van der Waals surface area contributed by atoms with Crippen LogP contribution in [0.15, 0.2) is 71.7 Å². The van der Waals surface area contributed by atoms with Crippen molar-refractivity contribution in [1.29, 1.82) is 0 Å². The Morgan fingerprint density at radius 2 is 1.80 bits per heavy atom. The van der Waals surface area contributed by atoms with E-state index in [0.717, 1.165) is 6.07 Å². The average molecular weight is 430 g/mol. The number of aliphatic hydroxyl groups is 1. The zero-order valence-electron chi connectivity index (χ0n) is 15.5. The highest BCUT2D eigenvalue weighted by Gasteiger charge is 2.20. The Labute approximate surface area is 175 Å². The molecule has 0 unspecified atom stereocenters. The third kappa shape index (κ3) is 5.31. The van der Waals surface area contributed by atoms with Gasteiger partial charge < -0.3 is 15.7 Å². The van der Waals surface area contributed by atoms with E-state index in [2.05, 4.69) is 10.6 Å². The summed E-state index contributed by atoms with van der Waals surface area (Å²) in [5.41, 5.74) is 0.203. The second-order valence-corrected chi connectivity index (χ2v) is 6.77. The van der Waals surface area contributed by atoms with Crippen LogP contribution < -0.4 is 16.2 Å². The molecule has 9 heteroatoms. The first-order valence-electron chi connectivity index (χ1n) is 8.85. The van der Waals surface area contributed by atoms with E-state index in [1.807, 2.05) is 0 Å². The van der Waals surface area contributed by atoms with E-state index in [4.69, 9.17) is 11.6 Å². The lowest BCUT2D eigenvalue weighted by atomic mass is 10.2. The topological polar surface area (TPSA) is 100 Å². The molecule has 154 valence electrons. The molecule has 0 saturated carbocycles. The molecule has 0 aliphatic rings. The first-order valence-corrected chi connectivity index (χ1v) is 9.23. The van der Waals surface area contributed by atoms with Gasteiger partial charge in [-0.2, -0.15) is 0 Å². The molecule has 3 rings (SSSR count). The number of halogens is 2. The van der Waals surface area contributed by atoms with Crippen molar-refractivity contribution in [1.82, 2.24) is 4.57 Å². The van der Waals surface area contributed by atoms with Crippen LogP contribution in [0.2, 0.25) is 5.02 Å². The molecular formula is C21H17ClFN3O4. The maximum Gasteiger partial charge on any atom is 0.255 e. The van der Waals surface area contributed by atoms with E-state index in [1.165, 1.54) is 29.0 Å². The zero-order chi connectivity index (χ0) is 21.7. The largest absolute Gasteiger partial charge is 0.383 e. The minimum absolute atomic E-state index is 0.190. The van der Waals surface area contributed by atoms with Crippen molar-refractivity contribution in [2.45, 2.75) is 12.5 Å². The Kier molecular flexibility index (Phi) is 6.61. The molecule has 30 heavy (non-hydrogen) atoms. The van der Waals surface area contributed by atoms with E-state index in [9.17, 15) is 23.9 Å². The summed E-state index contributed by atoms with van der Waals surface area (Å²) >= 11 is 5.76. The summed E-state index contributed by atoms with van der Waals surface area (Å²) in [6, 6.07) is 14.6. The summed E-state index contributed by atoms with van der Waals surface area (Å²) in [7, 11) is 0. The molecule has 0 aliphatic heterocycles. The van der Waals surface area contributed by atoms with Crippen molar-refractivity contribution in [3.8, 4) is 5.69 Å². The highest BCUT2D eigenvalue weighted by molar-refractivity contribution is 6.30.